The Balaban J connectivity index is 1.82. The molecule has 0 saturated carbocycles. The minimum absolute atomic E-state index is 0.0491. The molecule has 216 valence electrons. The first-order valence-electron chi connectivity index (χ1n) is 12.4. The Morgan fingerprint density at radius 2 is 1.68 bits per heavy atom. The van der Waals surface area contributed by atoms with Gasteiger partial charge in [-0.2, -0.15) is 26.3 Å². The highest BCUT2D eigenvalue weighted by Gasteiger charge is 2.35. The maximum Gasteiger partial charge on any atom is 0.418 e. The molecule has 1 aromatic carbocycles. The van der Waals surface area contributed by atoms with Gasteiger partial charge in [-0.05, 0) is 60.5 Å². The predicted molar refractivity (Wildman–Crippen MR) is 140 cm³/mol. The van der Waals surface area contributed by atoms with E-state index in [1.54, 1.807) is 11.0 Å². The number of carboxylic acid groups (broad SMARTS) is 1. The second-order valence-electron chi connectivity index (χ2n) is 9.78. The number of nitrogens with zero attached hydrogens (tertiary/aromatic N) is 4. The normalized spacial score (nSPS) is 12.3. The maximum absolute atomic E-state index is 13.7. The molecule has 0 atom stereocenters. The summed E-state index contributed by atoms with van der Waals surface area (Å²) in [5, 5.41) is 12.8. The van der Waals surface area contributed by atoms with E-state index >= 15 is 0 Å². The van der Waals surface area contributed by atoms with E-state index < -0.39 is 35.1 Å². The first kappa shape index (κ1) is 29.7. The van der Waals surface area contributed by atoms with Crippen LogP contribution in [0.5, 0.6) is 0 Å². The van der Waals surface area contributed by atoms with E-state index in [-0.39, 0.29) is 30.3 Å². The Bertz CT molecular complexity index is 1540. The van der Waals surface area contributed by atoms with Gasteiger partial charge >= 0.3 is 18.3 Å². The van der Waals surface area contributed by atoms with Crippen LogP contribution in [0, 0.1) is 5.92 Å². The second kappa shape index (κ2) is 11.7. The van der Waals surface area contributed by atoms with Gasteiger partial charge in [-0.3, -0.25) is 14.7 Å². The van der Waals surface area contributed by atoms with Crippen molar-refractivity contribution in [2.24, 2.45) is 5.92 Å². The van der Waals surface area contributed by atoms with Crippen LogP contribution in [0.3, 0.4) is 0 Å². The van der Waals surface area contributed by atoms with Crippen molar-refractivity contribution in [3.63, 3.8) is 0 Å². The Morgan fingerprint density at radius 3 is 2.29 bits per heavy atom. The Labute approximate surface area is 230 Å². The molecule has 4 rings (SSSR count). The Kier molecular flexibility index (Phi) is 8.47. The average Bonchev–Trinajstić information content (AvgIpc) is 2.87. The number of nitrogens with one attached hydrogen (secondary N) is 1. The van der Waals surface area contributed by atoms with Crippen LogP contribution in [0.1, 0.15) is 30.7 Å². The van der Waals surface area contributed by atoms with Gasteiger partial charge in [0.05, 0.1) is 34.7 Å². The Morgan fingerprint density at radius 1 is 0.976 bits per heavy atom. The first-order valence-corrected chi connectivity index (χ1v) is 12.4. The number of halogens is 6. The van der Waals surface area contributed by atoms with Gasteiger partial charge in [0.2, 0.25) is 0 Å². The van der Waals surface area contributed by atoms with Crippen LogP contribution < -0.4 is 5.32 Å². The smallest absolute Gasteiger partial charge is 0.418 e. The molecule has 2 N–H and O–H groups in total. The van der Waals surface area contributed by atoms with Gasteiger partial charge < -0.3 is 10.4 Å². The summed E-state index contributed by atoms with van der Waals surface area (Å²) in [6.07, 6.45) is -7.98. The van der Waals surface area contributed by atoms with Crippen molar-refractivity contribution in [1.29, 1.82) is 0 Å². The third kappa shape index (κ3) is 7.48. The molecular formula is C28H25F6N5O2. The van der Waals surface area contributed by atoms with Gasteiger partial charge in [0.15, 0.2) is 5.65 Å². The zero-order chi connectivity index (χ0) is 29.9. The number of benzene rings is 1. The number of alkyl halides is 6. The molecule has 0 amide bonds. The van der Waals surface area contributed by atoms with Crippen LogP contribution in [0.4, 0.5) is 37.7 Å². The second-order valence-corrected chi connectivity index (χ2v) is 9.78. The molecule has 7 nitrogen and oxygen atoms in total. The fourth-order valence-corrected chi connectivity index (χ4v) is 4.33. The minimum atomic E-state index is -4.68. The minimum Gasteiger partial charge on any atom is -0.480 e. The summed E-state index contributed by atoms with van der Waals surface area (Å²) in [4.78, 5) is 25.9. The molecule has 0 aliphatic heterocycles. The molecule has 13 heteroatoms. The summed E-state index contributed by atoms with van der Waals surface area (Å²) >= 11 is 0. The van der Waals surface area contributed by atoms with E-state index in [0.29, 0.717) is 29.0 Å². The molecule has 0 unspecified atom stereocenters. The molecule has 0 bridgehead atoms. The SMILES string of the molecule is CC(C)CN(CC(=O)O)Cc1cc(Nc2ccc(C(F)(F)F)cc2)c2ccc(-c3ncccc3C(F)(F)F)nc2n1. The lowest BCUT2D eigenvalue weighted by molar-refractivity contribution is -0.139. The molecule has 0 aliphatic rings. The number of aliphatic carboxylic acids is 1. The molecular weight excluding hydrogens is 552 g/mol. The van der Waals surface area contributed by atoms with Gasteiger partial charge in [0, 0.05) is 30.4 Å². The maximum atomic E-state index is 13.7. The summed E-state index contributed by atoms with van der Waals surface area (Å²) in [7, 11) is 0. The third-order valence-electron chi connectivity index (χ3n) is 5.94. The number of fused-ring (bicyclic) bond motifs is 1. The number of rotatable bonds is 9. The van der Waals surface area contributed by atoms with Crippen molar-refractivity contribution in [1.82, 2.24) is 19.9 Å². The Hall–Kier alpha value is -4.26. The highest BCUT2D eigenvalue weighted by molar-refractivity contribution is 5.92. The number of aromatic nitrogens is 3. The number of hydrogen-bond acceptors (Lipinski definition) is 6. The van der Waals surface area contributed by atoms with Gasteiger partial charge in [-0.15, -0.1) is 0 Å². The highest BCUT2D eigenvalue weighted by Crippen LogP contribution is 2.36. The van der Waals surface area contributed by atoms with Crippen molar-refractivity contribution in [2.45, 2.75) is 32.7 Å². The van der Waals surface area contributed by atoms with Crippen LogP contribution >= 0.6 is 0 Å². The van der Waals surface area contributed by atoms with Crippen LogP contribution in [-0.2, 0) is 23.7 Å². The quantitative estimate of drug-likeness (QED) is 0.207. The van der Waals surface area contributed by atoms with E-state index in [9.17, 15) is 36.2 Å². The van der Waals surface area contributed by atoms with Gasteiger partial charge in [-0.25, -0.2) is 9.97 Å². The summed E-state index contributed by atoms with van der Waals surface area (Å²) < 4.78 is 80.1. The monoisotopic (exact) mass is 577 g/mol. The molecule has 0 aliphatic carbocycles. The predicted octanol–water partition coefficient (Wildman–Crippen LogP) is 7.02. The van der Waals surface area contributed by atoms with E-state index in [1.165, 1.54) is 36.5 Å². The summed E-state index contributed by atoms with van der Waals surface area (Å²) in [6, 6.07) is 10.9. The van der Waals surface area contributed by atoms with Crippen molar-refractivity contribution in [3.05, 3.63) is 77.6 Å². The zero-order valence-corrected chi connectivity index (χ0v) is 21.9. The van der Waals surface area contributed by atoms with Crippen LogP contribution in [0.2, 0.25) is 0 Å². The summed E-state index contributed by atoms with van der Waals surface area (Å²) in [5.74, 6) is -0.931. The van der Waals surface area contributed by atoms with Gasteiger partial charge in [0.25, 0.3) is 0 Å². The van der Waals surface area contributed by atoms with Gasteiger partial charge in [-0.1, -0.05) is 13.8 Å². The number of pyridine rings is 3. The summed E-state index contributed by atoms with van der Waals surface area (Å²) in [6.45, 7) is 4.05. The lowest BCUT2D eigenvalue weighted by Crippen LogP contribution is -2.32. The van der Waals surface area contributed by atoms with Crippen molar-refractivity contribution in [2.75, 3.05) is 18.4 Å². The first-order chi connectivity index (χ1) is 19.2. The summed E-state index contributed by atoms with van der Waals surface area (Å²) in [5.41, 5.74) is -1.18. The molecule has 41 heavy (non-hydrogen) atoms. The van der Waals surface area contributed by atoms with Crippen molar-refractivity contribution >= 4 is 28.4 Å². The molecule has 0 spiro atoms. The third-order valence-corrected chi connectivity index (χ3v) is 5.94. The number of carbonyl (C=O) groups is 1. The molecule has 0 radical (unpaired) electrons. The highest BCUT2D eigenvalue weighted by atomic mass is 19.4. The molecule has 0 saturated heterocycles. The van der Waals surface area contributed by atoms with E-state index in [4.69, 9.17) is 0 Å². The molecule has 4 aromatic rings. The standard InChI is InChI=1S/C28H25F6N5O2/c1-16(2)13-39(15-24(40)41)14-19-12-23(36-18-7-5-17(6-8-18)27(29,30)31)20-9-10-22(38-26(20)37-19)25-21(28(32,33)34)4-3-11-35-25/h3-12,16H,13-15H2,1-2H3,(H,40,41)(H,36,37,38). The fraction of sp³-hybridized carbons (Fsp3) is 0.286. The van der Waals surface area contributed by atoms with Crippen LogP contribution in [0.15, 0.2) is 60.8 Å². The zero-order valence-electron chi connectivity index (χ0n) is 21.9. The number of hydrogen-bond donors (Lipinski definition) is 2. The molecule has 0 fully saturated rings. The van der Waals surface area contributed by atoms with E-state index in [1.807, 2.05) is 13.8 Å². The number of carboxylic acids is 1. The van der Waals surface area contributed by atoms with E-state index in [2.05, 4.69) is 20.3 Å². The van der Waals surface area contributed by atoms with E-state index in [0.717, 1.165) is 18.2 Å². The van der Waals surface area contributed by atoms with Crippen molar-refractivity contribution in [3.8, 4) is 11.4 Å². The van der Waals surface area contributed by atoms with Crippen molar-refractivity contribution < 1.29 is 36.2 Å². The topological polar surface area (TPSA) is 91.2 Å². The van der Waals surface area contributed by atoms with Crippen LogP contribution in [-0.4, -0.2) is 44.0 Å². The largest absolute Gasteiger partial charge is 0.480 e. The fourth-order valence-electron chi connectivity index (χ4n) is 4.33. The number of anilines is 2. The molecule has 3 aromatic heterocycles. The molecule has 3 heterocycles. The lowest BCUT2D eigenvalue weighted by atomic mass is 10.1. The average molecular weight is 578 g/mol. The van der Waals surface area contributed by atoms with Gasteiger partial charge in [0.1, 0.15) is 5.69 Å². The lowest BCUT2D eigenvalue weighted by Gasteiger charge is -2.22. The van der Waals surface area contributed by atoms with Crippen LogP contribution in [0.25, 0.3) is 22.4 Å².